The van der Waals surface area contributed by atoms with E-state index < -0.39 is 8.07 Å². The molecule has 0 saturated heterocycles. The maximum absolute atomic E-state index is 12.6. The second-order valence-electron chi connectivity index (χ2n) is 6.79. The van der Waals surface area contributed by atoms with Gasteiger partial charge in [-0.25, -0.2) is 4.79 Å². The second kappa shape index (κ2) is 7.45. The fourth-order valence-electron chi connectivity index (χ4n) is 2.09. The predicted octanol–water partition coefficient (Wildman–Crippen LogP) is 5.67. The Hall–Kier alpha value is -1.39. The first-order valence-corrected chi connectivity index (χ1v) is 12.5. The molecule has 0 N–H and O–H groups in total. The van der Waals surface area contributed by atoms with E-state index in [0.717, 1.165) is 16.5 Å². The monoisotopic (exact) mass is 390 g/mol. The molecule has 2 rings (SSSR count). The molecule has 0 aliphatic carbocycles. The number of esters is 1. The topological polar surface area (TPSA) is 26.3 Å². The Morgan fingerprint density at radius 2 is 1.70 bits per heavy atom. The summed E-state index contributed by atoms with van der Waals surface area (Å²) in [4.78, 5) is 12.6. The molecule has 0 saturated carbocycles. The minimum absolute atomic E-state index is 0.0150. The van der Waals surface area contributed by atoms with Crippen LogP contribution in [0.25, 0.3) is 11.1 Å². The molecule has 2 aromatic rings. The third kappa shape index (κ3) is 4.55. The average Bonchev–Trinajstić information content (AvgIpc) is 2.54. The smallest absolute Gasteiger partial charge is 0.338 e. The standard InChI is InChI=1S/C19H23BrO2Si/c1-14(23(2,3)4)22-19(21)18-8-6-5-7-17(18)16-11-9-15(13-20)10-12-16/h5-12,14H,13H2,1-4H3. The van der Waals surface area contributed by atoms with Crippen LogP contribution in [0.15, 0.2) is 48.5 Å². The summed E-state index contributed by atoms with van der Waals surface area (Å²) in [5.41, 5.74) is 3.77. The van der Waals surface area contributed by atoms with Gasteiger partial charge in [0.1, 0.15) is 0 Å². The van der Waals surface area contributed by atoms with Crippen molar-refractivity contribution in [2.24, 2.45) is 0 Å². The summed E-state index contributed by atoms with van der Waals surface area (Å²) < 4.78 is 5.72. The van der Waals surface area contributed by atoms with Crippen molar-refractivity contribution in [1.29, 1.82) is 0 Å². The molecule has 0 aliphatic heterocycles. The van der Waals surface area contributed by atoms with Crippen LogP contribution in [-0.4, -0.2) is 19.8 Å². The van der Waals surface area contributed by atoms with Crippen molar-refractivity contribution >= 4 is 30.0 Å². The maximum atomic E-state index is 12.6. The summed E-state index contributed by atoms with van der Waals surface area (Å²) in [7, 11) is -1.51. The molecule has 0 amide bonds. The van der Waals surface area contributed by atoms with Crippen LogP contribution in [0.3, 0.4) is 0 Å². The average molecular weight is 391 g/mol. The number of ether oxygens (including phenoxy) is 1. The normalized spacial score (nSPS) is 12.7. The molecule has 1 unspecified atom stereocenters. The molecule has 0 radical (unpaired) electrons. The van der Waals surface area contributed by atoms with Gasteiger partial charge in [-0.3, -0.25) is 0 Å². The Bertz CT molecular complexity index is 675. The number of halogens is 1. The first-order valence-electron chi connectivity index (χ1n) is 7.78. The predicted molar refractivity (Wildman–Crippen MR) is 103 cm³/mol. The number of benzene rings is 2. The molecule has 0 aromatic heterocycles. The summed E-state index contributed by atoms with van der Waals surface area (Å²) in [6.45, 7) is 8.61. The second-order valence-corrected chi connectivity index (χ2v) is 12.9. The first-order chi connectivity index (χ1) is 10.8. The fraction of sp³-hybridized carbons (Fsp3) is 0.316. The van der Waals surface area contributed by atoms with E-state index >= 15 is 0 Å². The van der Waals surface area contributed by atoms with Gasteiger partial charge in [0.15, 0.2) is 0 Å². The summed E-state index contributed by atoms with van der Waals surface area (Å²) >= 11 is 3.45. The van der Waals surface area contributed by atoms with E-state index in [2.05, 4.69) is 47.7 Å². The lowest BCUT2D eigenvalue weighted by Gasteiger charge is -2.25. The van der Waals surface area contributed by atoms with Crippen LogP contribution < -0.4 is 0 Å². The Labute approximate surface area is 148 Å². The summed E-state index contributed by atoms with van der Waals surface area (Å²) in [5, 5.41) is 0.824. The Kier molecular flexibility index (Phi) is 5.82. The lowest BCUT2D eigenvalue weighted by Crippen LogP contribution is -2.39. The first kappa shape index (κ1) is 18.0. The van der Waals surface area contributed by atoms with Gasteiger partial charge in [0.25, 0.3) is 0 Å². The molecular weight excluding hydrogens is 368 g/mol. The van der Waals surface area contributed by atoms with Crippen molar-refractivity contribution in [1.82, 2.24) is 0 Å². The van der Waals surface area contributed by atoms with E-state index in [9.17, 15) is 4.79 Å². The summed E-state index contributed by atoms with van der Waals surface area (Å²) in [5.74, 6) is -0.236. The van der Waals surface area contributed by atoms with Gasteiger partial charge in [-0.15, -0.1) is 0 Å². The summed E-state index contributed by atoms with van der Waals surface area (Å²) in [6, 6.07) is 15.9. The highest BCUT2D eigenvalue weighted by molar-refractivity contribution is 9.08. The SMILES string of the molecule is CC(OC(=O)c1ccccc1-c1ccc(CBr)cc1)[Si](C)(C)C. The molecule has 0 aliphatic rings. The van der Waals surface area contributed by atoms with Gasteiger partial charge in [0.2, 0.25) is 0 Å². The van der Waals surface area contributed by atoms with Crippen molar-refractivity contribution in [2.45, 2.75) is 37.6 Å². The van der Waals surface area contributed by atoms with Crippen LogP contribution >= 0.6 is 15.9 Å². The number of alkyl halides is 1. The zero-order valence-corrected chi connectivity index (χ0v) is 16.7. The van der Waals surface area contributed by atoms with Gasteiger partial charge in [0.05, 0.1) is 19.4 Å². The zero-order chi connectivity index (χ0) is 17.0. The Morgan fingerprint density at radius 3 is 2.26 bits per heavy atom. The van der Waals surface area contributed by atoms with Crippen LogP contribution in [-0.2, 0) is 10.1 Å². The minimum atomic E-state index is -1.51. The van der Waals surface area contributed by atoms with Crippen LogP contribution in [0, 0.1) is 0 Å². The highest BCUT2D eigenvalue weighted by atomic mass is 79.9. The minimum Gasteiger partial charge on any atom is -0.463 e. The lowest BCUT2D eigenvalue weighted by molar-refractivity contribution is 0.0456. The molecular formula is C19H23BrO2Si. The largest absolute Gasteiger partial charge is 0.463 e. The third-order valence-corrected chi connectivity index (χ3v) is 7.27. The van der Waals surface area contributed by atoms with Crippen LogP contribution in [0.1, 0.15) is 22.8 Å². The van der Waals surface area contributed by atoms with E-state index in [-0.39, 0.29) is 11.7 Å². The van der Waals surface area contributed by atoms with Crippen molar-refractivity contribution in [3.8, 4) is 11.1 Å². The molecule has 0 fully saturated rings. The highest BCUT2D eigenvalue weighted by Gasteiger charge is 2.27. The number of hydrogen-bond acceptors (Lipinski definition) is 2. The Morgan fingerprint density at radius 1 is 1.09 bits per heavy atom. The molecule has 2 aromatic carbocycles. The molecule has 1 atom stereocenters. The molecule has 4 heteroatoms. The molecule has 2 nitrogen and oxygen atoms in total. The van der Waals surface area contributed by atoms with Crippen molar-refractivity contribution in [3.05, 3.63) is 59.7 Å². The molecule has 0 heterocycles. The van der Waals surface area contributed by atoms with Gasteiger partial charge in [-0.1, -0.05) is 78.0 Å². The van der Waals surface area contributed by atoms with E-state index in [4.69, 9.17) is 4.74 Å². The van der Waals surface area contributed by atoms with Gasteiger partial charge in [-0.2, -0.15) is 0 Å². The molecule has 0 spiro atoms. The number of hydrogen-bond donors (Lipinski definition) is 0. The van der Waals surface area contributed by atoms with E-state index in [0.29, 0.717) is 5.56 Å². The molecule has 122 valence electrons. The Balaban J connectivity index is 2.31. The quantitative estimate of drug-likeness (QED) is 0.373. The van der Waals surface area contributed by atoms with E-state index in [1.165, 1.54) is 5.56 Å². The van der Waals surface area contributed by atoms with Gasteiger partial charge in [-0.05, 0) is 29.7 Å². The van der Waals surface area contributed by atoms with E-state index in [1.54, 1.807) is 0 Å². The van der Waals surface area contributed by atoms with Crippen LogP contribution in [0.5, 0.6) is 0 Å². The highest BCUT2D eigenvalue weighted by Crippen LogP contribution is 2.26. The maximum Gasteiger partial charge on any atom is 0.338 e. The summed E-state index contributed by atoms with van der Waals surface area (Å²) in [6.07, 6.45) is 0. The van der Waals surface area contributed by atoms with Gasteiger partial charge in [0, 0.05) is 5.33 Å². The fourth-order valence-corrected chi connectivity index (χ4v) is 2.92. The lowest BCUT2D eigenvalue weighted by atomic mass is 9.99. The van der Waals surface area contributed by atoms with Crippen LogP contribution in [0.4, 0.5) is 0 Å². The van der Waals surface area contributed by atoms with Crippen LogP contribution in [0.2, 0.25) is 19.6 Å². The number of rotatable bonds is 5. The van der Waals surface area contributed by atoms with Gasteiger partial charge < -0.3 is 4.74 Å². The van der Waals surface area contributed by atoms with Crippen molar-refractivity contribution in [3.63, 3.8) is 0 Å². The van der Waals surface area contributed by atoms with Crippen molar-refractivity contribution in [2.75, 3.05) is 0 Å². The zero-order valence-electron chi connectivity index (χ0n) is 14.1. The number of carbonyl (C=O) groups excluding carboxylic acids is 1. The molecule has 23 heavy (non-hydrogen) atoms. The van der Waals surface area contributed by atoms with Crippen molar-refractivity contribution < 1.29 is 9.53 Å². The van der Waals surface area contributed by atoms with E-state index in [1.807, 2.05) is 43.3 Å². The number of carbonyl (C=O) groups is 1. The van der Waals surface area contributed by atoms with Gasteiger partial charge >= 0.3 is 5.97 Å². The molecule has 0 bridgehead atoms. The third-order valence-electron chi connectivity index (χ3n) is 4.07.